The SMILES string of the molecule is Cc1cc(OCCCc2c(C(=O)NS(=O)(=O)CCNC(=O)c3cc(C)n(Cc4ccccc4)c3C)[nH]c3ccccc23)cc(C)c1Cl. The van der Waals surface area contributed by atoms with Gasteiger partial charge in [0.05, 0.1) is 17.9 Å². The van der Waals surface area contributed by atoms with E-state index in [1.807, 2.05) is 99.0 Å². The number of nitrogens with one attached hydrogen (secondary N) is 3. The first kappa shape index (κ1) is 33.8. The van der Waals surface area contributed by atoms with Crippen LogP contribution in [0.1, 0.15) is 60.9 Å². The number of aromatic nitrogens is 2. The molecule has 5 rings (SSSR count). The Labute approximate surface area is 280 Å². The van der Waals surface area contributed by atoms with Crippen LogP contribution in [-0.2, 0) is 23.0 Å². The number of H-pyrrole nitrogens is 1. The molecular weight excluding hydrogens is 636 g/mol. The van der Waals surface area contributed by atoms with E-state index in [9.17, 15) is 18.0 Å². The standard InChI is InChI=1S/C36H39ClN4O5S/c1-23-19-28(20-24(2)33(23)37)46-17-10-14-30-29-13-8-9-15-32(29)39-34(30)36(43)40-47(44,45)18-16-38-35(42)31-21-25(3)41(26(31)4)22-27-11-6-5-7-12-27/h5-9,11-13,15,19-21,39H,10,14,16-18,22H2,1-4H3,(H,38,42)(H,40,43). The summed E-state index contributed by atoms with van der Waals surface area (Å²) in [6, 6.07) is 23.0. The summed E-state index contributed by atoms with van der Waals surface area (Å²) in [7, 11) is -4.06. The number of benzene rings is 3. The van der Waals surface area contributed by atoms with E-state index >= 15 is 0 Å². The zero-order chi connectivity index (χ0) is 33.7. The quantitative estimate of drug-likeness (QED) is 0.125. The molecule has 47 heavy (non-hydrogen) atoms. The molecule has 3 N–H and O–H groups in total. The number of fused-ring (bicyclic) bond motifs is 1. The van der Waals surface area contributed by atoms with E-state index in [0.29, 0.717) is 42.1 Å². The lowest BCUT2D eigenvalue weighted by atomic mass is 10.1. The minimum atomic E-state index is -4.06. The van der Waals surface area contributed by atoms with Gasteiger partial charge in [-0.25, -0.2) is 13.1 Å². The molecule has 11 heteroatoms. The number of carbonyl (C=O) groups is 2. The van der Waals surface area contributed by atoms with Crippen LogP contribution in [0.25, 0.3) is 10.9 Å². The lowest BCUT2D eigenvalue weighted by molar-refractivity contribution is 0.0954. The molecule has 0 aliphatic rings. The summed E-state index contributed by atoms with van der Waals surface area (Å²) in [6.07, 6.45) is 1.07. The van der Waals surface area contributed by atoms with Gasteiger partial charge >= 0.3 is 0 Å². The Morgan fingerprint density at radius 3 is 2.32 bits per heavy atom. The van der Waals surface area contributed by atoms with Gasteiger partial charge in [0.1, 0.15) is 11.4 Å². The molecule has 0 atom stereocenters. The van der Waals surface area contributed by atoms with Crippen molar-refractivity contribution < 1.29 is 22.7 Å². The topological polar surface area (TPSA) is 122 Å². The van der Waals surface area contributed by atoms with Crippen molar-refractivity contribution in [2.75, 3.05) is 18.9 Å². The third-order valence-electron chi connectivity index (χ3n) is 8.20. The number of nitrogens with zero attached hydrogens (tertiary/aromatic N) is 1. The van der Waals surface area contributed by atoms with E-state index in [2.05, 4.69) is 15.0 Å². The summed E-state index contributed by atoms with van der Waals surface area (Å²) < 4.78 is 36.1. The summed E-state index contributed by atoms with van der Waals surface area (Å²) in [4.78, 5) is 29.4. The number of halogens is 1. The molecule has 2 aromatic heterocycles. The third kappa shape index (κ3) is 8.07. The lowest BCUT2D eigenvalue weighted by Gasteiger charge is -2.11. The second kappa shape index (κ2) is 14.5. The van der Waals surface area contributed by atoms with Crippen molar-refractivity contribution in [3.8, 4) is 5.75 Å². The van der Waals surface area contributed by atoms with Crippen LogP contribution in [0.15, 0.2) is 72.8 Å². The highest BCUT2D eigenvalue weighted by Gasteiger charge is 2.23. The van der Waals surface area contributed by atoms with Gasteiger partial charge in [0, 0.05) is 40.4 Å². The third-order valence-corrected chi connectivity index (χ3v) is 10.0. The van der Waals surface area contributed by atoms with Crippen molar-refractivity contribution in [1.29, 1.82) is 0 Å². The van der Waals surface area contributed by atoms with Gasteiger partial charge in [-0.2, -0.15) is 0 Å². The largest absolute Gasteiger partial charge is 0.494 e. The van der Waals surface area contributed by atoms with E-state index in [1.54, 1.807) is 6.07 Å². The zero-order valence-electron chi connectivity index (χ0n) is 26.9. The van der Waals surface area contributed by atoms with Gasteiger partial charge in [0.2, 0.25) is 10.0 Å². The number of amides is 2. The summed E-state index contributed by atoms with van der Waals surface area (Å²) in [5.41, 5.74) is 6.78. The van der Waals surface area contributed by atoms with Crippen LogP contribution >= 0.6 is 11.6 Å². The summed E-state index contributed by atoms with van der Waals surface area (Å²) in [5, 5.41) is 4.24. The molecule has 0 aliphatic carbocycles. The molecule has 3 aromatic carbocycles. The van der Waals surface area contributed by atoms with Crippen LogP contribution in [0, 0.1) is 27.7 Å². The minimum absolute atomic E-state index is 0.162. The molecule has 2 amide bonds. The molecule has 0 saturated heterocycles. The minimum Gasteiger partial charge on any atom is -0.494 e. The van der Waals surface area contributed by atoms with Crippen molar-refractivity contribution in [2.45, 2.75) is 47.1 Å². The zero-order valence-corrected chi connectivity index (χ0v) is 28.5. The molecule has 9 nitrogen and oxygen atoms in total. The summed E-state index contributed by atoms with van der Waals surface area (Å²) >= 11 is 6.27. The number of hydrogen-bond donors (Lipinski definition) is 3. The van der Waals surface area contributed by atoms with E-state index in [1.165, 1.54) is 0 Å². The Balaban J connectivity index is 1.19. The van der Waals surface area contributed by atoms with Gasteiger partial charge in [-0.15, -0.1) is 0 Å². The van der Waals surface area contributed by atoms with Gasteiger partial charge in [-0.05, 0) is 87.1 Å². The van der Waals surface area contributed by atoms with E-state index in [0.717, 1.165) is 44.7 Å². The lowest BCUT2D eigenvalue weighted by Crippen LogP contribution is -2.38. The Bertz CT molecular complexity index is 2010. The predicted octanol–water partition coefficient (Wildman–Crippen LogP) is 6.41. The number of aromatic amines is 1. The van der Waals surface area contributed by atoms with Gasteiger partial charge in [0.15, 0.2) is 0 Å². The summed E-state index contributed by atoms with van der Waals surface area (Å²) in [6.45, 7) is 8.50. The van der Waals surface area contributed by atoms with Crippen LogP contribution in [0.4, 0.5) is 0 Å². The second-order valence-corrected chi connectivity index (χ2v) is 13.9. The van der Waals surface area contributed by atoms with Crippen LogP contribution in [0.5, 0.6) is 5.75 Å². The Morgan fingerprint density at radius 1 is 0.915 bits per heavy atom. The maximum absolute atomic E-state index is 13.3. The molecule has 246 valence electrons. The Morgan fingerprint density at radius 2 is 1.60 bits per heavy atom. The van der Waals surface area contributed by atoms with Crippen molar-refractivity contribution in [2.24, 2.45) is 0 Å². The first-order valence-corrected chi connectivity index (χ1v) is 17.5. The number of rotatable bonds is 13. The van der Waals surface area contributed by atoms with Gasteiger partial charge < -0.3 is 19.6 Å². The molecule has 0 radical (unpaired) electrons. The van der Waals surface area contributed by atoms with Crippen molar-refractivity contribution in [3.63, 3.8) is 0 Å². The fourth-order valence-electron chi connectivity index (χ4n) is 5.76. The van der Waals surface area contributed by atoms with Crippen LogP contribution < -0.4 is 14.8 Å². The maximum atomic E-state index is 13.3. The number of sulfonamides is 1. The number of para-hydroxylation sites is 1. The molecule has 0 aliphatic heterocycles. The van der Waals surface area contributed by atoms with Crippen molar-refractivity contribution >= 4 is 44.3 Å². The fourth-order valence-corrected chi connectivity index (χ4v) is 6.73. The molecule has 0 spiro atoms. The molecule has 2 heterocycles. The number of ether oxygens (including phenoxy) is 1. The van der Waals surface area contributed by atoms with Crippen LogP contribution in [-0.4, -0.2) is 48.7 Å². The van der Waals surface area contributed by atoms with E-state index in [-0.39, 0.29) is 18.1 Å². The Kier molecular flexibility index (Phi) is 10.4. The Hall–Kier alpha value is -4.54. The van der Waals surface area contributed by atoms with Crippen LogP contribution in [0.2, 0.25) is 5.02 Å². The fraction of sp³-hybridized carbons (Fsp3) is 0.278. The van der Waals surface area contributed by atoms with Gasteiger partial charge in [-0.1, -0.05) is 60.1 Å². The van der Waals surface area contributed by atoms with Crippen molar-refractivity contribution in [3.05, 3.63) is 123 Å². The number of carbonyl (C=O) groups excluding carboxylic acids is 2. The molecule has 0 fully saturated rings. The highest BCUT2D eigenvalue weighted by atomic mass is 35.5. The average molecular weight is 675 g/mol. The van der Waals surface area contributed by atoms with Gasteiger partial charge in [0.25, 0.3) is 11.8 Å². The average Bonchev–Trinajstić information content (AvgIpc) is 3.55. The normalized spacial score (nSPS) is 11.5. The van der Waals surface area contributed by atoms with Crippen LogP contribution in [0.3, 0.4) is 0 Å². The van der Waals surface area contributed by atoms with Crippen molar-refractivity contribution in [1.82, 2.24) is 19.6 Å². The smallest absolute Gasteiger partial charge is 0.281 e. The highest BCUT2D eigenvalue weighted by Crippen LogP contribution is 2.27. The molecule has 0 unspecified atom stereocenters. The second-order valence-electron chi connectivity index (χ2n) is 11.7. The molecule has 5 aromatic rings. The number of aryl methyl sites for hydroxylation is 4. The monoisotopic (exact) mass is 674 g/mol. The maximum Gasteiger partial charge on any atom is 0.281 e. The van der Waals surface area contributed by atoms with Gasteiger partial charge in [-0.3, -0.25) is 9.59 Å². The molecular formula is C36H39ClN4O5S. The first-order valence-electron chi connectivity index (χ1n) is 15.5. The van der Waals surface area contributed by atoms with E-state index in [4.69, 9.17) is 16.3 Å². The molecule has 0 saturated carbocycles. The molecule has 0 bridgehead atoms. The summed E-state index contributed by atoms with van der Waals surface area (Å²) in [5.74, 6) is -0.870. The van der Waals surface area contributed by atoms with E-state index < -0.39 is 21.7 Å². The number of hydrogen-bond acceptors (Lipinski definition) is 5. The highest BCUT2D eigenvalue weighted by molar-refractivity contribution is 7.90. The predicted molar refractivity (Wildman–Crippen MR) is 186 cm³/mol. The first-order chi connectivity index (χ1) is 22.4.